The lowest BCUT2D eigenvalue weighted by atomic mass is 10.1. The summed E-state index contributed by atoms with van der Waals surface area (Å²) in [6.45, 7) is 6.85. The van der Waals surface area contributed by atoms with Crippen LogP contribution in [0.25, 0.3) is 5.76 Å². The molecule has 128 valence electrons. The molecule has 0 aliphatic rings. The molecule has 0 heterocycles. The van der Waals surface area contributed by atoms with Gasteiger partial charge in [-0.05, 0) is 42.6 Å². The van der Waals surface area contributed by atoms with Gasteiger partial charge >= 0.3 is 0 Å². The highest BCUT2D eigenvalue weighted by Gasteiger charge is 2.31. The fraction of sp³-hybridized carbons (Fsp3) is 0.364. The molecular weight excluding hydrogens is 308 g/mol. The number of allylic oxidation sites excluding steroid dienone is 1. The average molecular weight is 339 g/mol. The van der Waals surface area contributed by atoms with E-state index in [2.05, 4.69) is 87.5 Å². The summed E-state index contributed by atoms with van der Waals surface area (Å²) in [5.74, 6) is 1.09. The van der Waals surface area contributed by atoms with Crippen LogP contribution in [0.3, 0.4) is 0 Å². The molecule has 0 amide bonds. The van der Waals surface area contributed by atoms with Crippen molar-refractivity contribution in [3.8, 4) is 0 Å². The lowest BCUT2D eigenvalue weighted by Gasteiger charge is -2.30. The molecule has 0 aliphatic carbocycles. The zero-order valence-electron chi connectivity index (χ0n) is 15.3. The predicted molar refractivity (Wildman–Crippen MR) is 107 cm³/mol. The summed E-state index contributed by atoms with van der Waals surface area (Å²) < 4.78 is 6.71. The molecule has 24 heavy (non-hydrogen) atoms. The van der Waals surface area contributed by atoms with E-state index < -0.39 is 8.32 Å². The first-order chi connectivity index (χ1) is 11.7. The summed E-state index contributed by atoms with van der Waals surface area (Å²) in [5.41, 5.74) is 2.59. The lowest BCUT2D eigenvalue weighted by Crippen LogP contribution is -2.35. The second-order valence-corrected chi connectivity index (χ2v) is 11.0. The summed E-state index contributed by atoms with van der Waals surface area (Å²) in [4.78, 5) is 0. The highest BCUT2D eigenvalue weighted by Crippen LogP contribution is 2.29. The van der Waals surface area contributed by atoms with E-state index in [1.807, 2.05) is 0 Å². The van der Waals surface area contributed by atoms with Crippen molar-refractivity contribution in [2.45, 2.75) is 51.7 Å². The summed E-state index contributed by atoms with van der Waals surface area (Å²) >= 11 is 0. The molecule has 2 aromatic rings. The Balaban J connectivity index is 2.18. The van der Waals surface area contributed by atoms with Gasteiger partial charge in [0, 0.05) is 5.56 Å². The summed E-state index contributed by atoms with van der Waals surface area (Å²) in [7, 11) is -1.66. The van der Waals surface area contributed by atoms with E-state index in [9.17, 15) is 0 Å². The maximum atomic E-state index is 6.71. The van der Waals surface area contributed by atoms with Crippen molar-refractivity contribution in [3.63, 3.8) is 0 Å². The van der Waals surface area contributed by atoms with Crippen molar-refractivity contribution in [1.29, 1.82) is 0 Å². The molecule has 0 unspecified atom stereocenters. The Hall–Kier alpha value is -1.80. The van der Waals surface area contributed by atoms with E-state index in [-0.39, 0.29) is 0 Å². The van der Waals surface area contributed by atoms with E-state index in [0.717, 1.165) is 18.6 Å². The normalized spacial score (nSPS) is 12.2. The molecule has 0 N–H and O–H groups in total. The summed E-state index contributed by atoms with van der Waals surface area (Å²) in [5, 5.41) is 0. The molecule has 0 aromatic heterocycles. The minimum absolute atomic E-state index is 1.01. The van der Waals surface area contributed by atoms with Crippen LogP contribution in [0, 0.1) is 0 Å². The maximum Gasteiger partial charge on any atom is 0.250 e. The fourth-order valence-electron chi connectivity index (χ4n) is 3.04. The van der Waals surface area contributed by atoms with Gasteiger partial charge in [0.15, 0.2) is 0 Å². The number of benzene rings is 2. The van der Waals surface area contributed by atoms with Crippen LogP contribution >= 0.6 is 0 Å². The Morgan fingerprint density at radius 2 is 1.38 bits per heavy atom. The molecule has 0 aliphatic heterocycles. The SMILES string of the molecule is CC[Si](CC)(CC)O/C(=C\CCc1ccccc1)c1ccccc1. The molecule has 0 spiro atoms. The zero-order valence-corrected chi connectivity index (χ0v) is 16.3. The highest BCUT2D eigenvalue weighted by atomic mass is 28.4. The molecule has 2 aromatic carbocycles. The maximum absolute atomic E-state index is 6.71. The second-order valence-electron chi connectivity index (χ2n) is 6.30. The zero-order chi connectivity index (χ0) is 17.3. The van der Waals surface area contributed by atoms with Gasteiger partial charge in [-0.15, -0.1) is 0 Å². The van der Waals surface area contributed by atoms with Gasteiger partial charge in [-0.25, -0.2) is 0 Å². The molecule has 2 rings (SSSR count). The van der Waals surface area contributed by atoms with Crippen molar-refractivity contribution >= 4 is 14.1 Å². The number of rotatable bonds is 9. The third-order valence-electron chi connectivity index (χ3n) is 4.92. The molecule has 0 fully saturated rings. The Morgan fingerprint density at radius 3 is 1.92 bits per heavy atom. The minimum atomic E-state index is -1.66. The van der Waals surface area contributed by atoms with Crippen LogP contribution in [-0.4, -0.2) is 8.32 Å². The van der Waals surface area contributed by atoms with Gasteiger partial charge in [0.25, 0.3) is 0 Å². The molecule has 0 radical (unpaired) electrons. The topological polar surface area (TPSA) is 9.23 Å². The highest BCUT2D eigenvalue weighted by molar-refractivity contribution is 6.74. The molecular formula is C22H30OSi. The monoisotopic (exact) mass is 338 g/mol. The predicted octanol–water partition coefficient (Wildman–Crippen LogP) is 6.68. The Labute approximate surface area is 148 Å². The summed E-state index contributed by atoms with van der Waals surface area (Å²) in [6.07, 6.45) is 4.36. The largest absolute Gasteiger partial charge is 0.543 e. The first-order valence-electron chi connectivity index (χ1n) is 9.21. The van der Waals surface area contributed by atoms with Gasteiger partial charge in [-0.2, -0.15) is 0 Å². The molecule has 0 saturated heterocycles. The van der Waals surface area contributed by atoms with Gasteiger partial charge in [-0.3, -0.25) is 0 Å². The van der Waals surface area contributed by atoms with Crippen LogP contribution in [0.4, 0.5) is 0 Å². The van der Waals surface area contributed by atoms with Gasteiger partial charge < -0.3 is 4.43 Å². The van der Waals surface area contributed by atoms with Crippen LogP contribution in [0.15, 0.2) is 66.7 Å². The van der Waals surface area contributed by atoms with E-state index >= 15 is 0 Å². The summed E-state index contributed by atoms with van der Waals surface area (Å²) in [6, 6.07) is 24.8. The van der Waals surface area contributed by atoms with Crippen molar-refractivity contribution in [1.82, 2.24) is 0 Å². The third-order valence-corrected chi connectivity index (χ3v) is 9.44. The van der Waals surface area contributed by atoms with E-state index in [1.54, 1.807) is 0 Å². The van der Waals surface area contributed by atoms with Crippen molar-refractivity contribution < 1.29 is 4.43 Å². The van der Waals surface area contributed by atoms with Crippen molar-refractivity contribution in [3.05, 3.63) is 77.9 Å². The number of hydrogen-bond donors (Lipinski definition) is 0. The van der Waals surface area contributed by atoms with E-state index in [0.29, 0.717) is 0 Å². The van der Waals surface area contributed by atoms with Gasteiger partial charge in [0.2, 0.25) is 8.32 Å². The smallest absolute Gasteiger partial charge is 0.250 e. The second kappa shape index (κ2) is 9.48. The van der Waals surface area contributed by atoms with Gasteiger partial charge in [0.05, 0.1) is 0 Å². The van der Waals surface area contributed by atoms with Crippen LogP contribution in [0.1, 0.15) is 38.3 Å². The number of hydrogen-bond acceptors (Lipinski definition) is 1. The minimum Gasteiger partial charge on any atom is -0.543 e. The molecule has 0 bridgehead atoms. The standard InChI is InChI=1S/C22H30OSi/c1-4-24(5-2,6-3)23-22(21-17-11-8-12-18-21)19-13-16-20-14-9-7-10-15-20/h7-12,14-15,17-19H,4-6,13,16H2,1-3H3/b22-19-. The fourth-order valence-corrected chi connectivity index (χ4v) is 5.64. The lowest BCUT2D eigenvalue weighted by molar-refractivity contribution is 0.489. The first kappa shape index (κ1) is 18.5. The van der Waals surface area contributed by atoms with Crippen LogP contribution in [-0.2, 0) is 10.8 Å². The molecule has 2 heteroatoms. The quantitative estimate of drug-likeness (QED) is 0.366. The van der Waals surface area contributed by atoms with Crippen LogP contribution in [0.2, 0.25) is 18.1 Å². The molecule has 1 nitrogen and oxygen atoms in total. The number of aryl methyl sites for hydroxylation is 1. The molecule has 0 saturated carbocycles. The van der Waals surface area contributed by atoms with Crippen LogP contribution in [0.5, 0.6) is 0 Å². The van der Waals surface area contributed by atoms with Crippen molar-refractivity contribution in [2.24, 2.45) is 0 Å². The Morgan fingerprint density at radius 1 is 0.833 bits per heavy atom. The first-order valence-corrected chi connectivity index (χ1v) is 11.7. The Bertz CT molecular complexity index is 607. The van der Waals surface area contributed by atoms with E-state index in [1.165, 1.54) is 29.3 Å². The average Bonchev–Trinajstić information content (AvgIpc) is 2.66. The van der Waals surface area contributed by atoms with Crippen molar-refractivity contribution in [2.75, 3.05) is 0 Å². The van der Waals surface area contributed by atoms with Gasteiger partial charge in [-0.1, -0.05) is 81.4 Å². The Kier molecular flexibility index (Phi) is 7.32. The van der Waals surface area contributed by atoms with Gasteiger partial charge in [0.1, 0.15) is 5.76 Å². The van der Waals surface area contributed by atoms with E-state index in [4.69, 9.17) is 4.43 Å². The van der Waals surface area contributed by atoms with Crippen LogP contribution < -0.4 is 0 Å². The third kappa shape index (κ3) is 5.10. The molecule has 0 atom stereocenters.